The number of fused-ring (bicyclic) bond motifs is 2. The second-order valence-corrected chi connectivity index (χ2v) is 12.5. The van der Waals surface area contributed by atoms with E-state index in [0.717, 1.165) is 49.5 Å². The van der Waals surface area contributed by atoms with E-state index in [1.165, 1.54) is 32.7 Å². The van der Waals surface area contributed by atoms with Crippen LogP contribution in [0.2, 0.25) is 0 Å². The molecule has 0 unspecified atom stereocenters. The van der Waals surface area contributed by atoms with Gasteiger partial charge in [-0.1, -0.05) is 157 Å². The zero-order valence-electron chi connectivity index (χ0n) is 25.9. The Morgan fingerprint density at radius 1 is 0.532 bits per heavy atom. The molecule has 0 saturated carbocycles. The highest BCUT2D eigenvalue weighted by atomic mass is 32.2. The second-order valence-electron chi connectivity index (χ2n) is 11.5. The molecule has 6 aromatic carbocycles. The minimum absolute atomic E-state index is 0.817. The van der Waals surface area contributed by atoms with E-state index in [1.54, 1.807) is 7.11 Å². The highest BCUT2D eigenvalue weighted by Crippen LogP contribution is 2.53. The molecule has 1 aliphatic rings. The summed E-state index contributed by atoms with van der Waals surface area (Å²) in [6, 6.07) is 57.6. The fraction of sp³-hybridized carbons (Fsp3) is 0.0227. The maximum Gasteiger partial charge on any atom is 0.119 e. The van der Waals surface area contributed by atoms with Crippen molar-refractivity contribution in [2.24, 2.45) is 0 Å². The fourth-order valence-electron chi connectivity index (χ4n) is 6.43. The Kier molecular flexibility index (Phi) is 7.74. The van der Waals surface area contributed by atoms with Gasteiger partial charge in [0.05, 0.1) is 18.5 Å². The van der Waals surface area contributed by atoms with Gasteiger partial charge in [-0.25, -0.2) is 4.98 Å². The summed E-state index contributed by atoms with van der Waals surface area (Å²) in [5, 5.41) is 2.18. The first-order valence-corrected chi connectivity index (χ1v) is 16.6. The summed E-state index contributed by atoms with van der Waals surface area (Å²) >= 11 is 1.82. The normalized spacial score (nSPS) is 13.5. The third-order valence-corrected chi connectivity index (χ3v) is 9.82. The Morgan fingerprint density at radius 2 is 1.09 bits per heavy atom. The molecule has 2 heterocycles. The molecule has 224 valence electrons. The molecule has 0 amide bonds. The van der Waals surface area contributed by atoms with Crippen LogP contribution >= 0.6 is 11.8 Å². The molecule has 7 aromatic rings. The van der Waals surface area contributed by atoms with E-state index < -0.39 is 0 Å². The number of benzene rings is 6. The van der Waals surface area contributed by atoms with Crippen molar-refractivity contribution in [2.45, 2.75) is 0 Å². The SMILES string of the molecule is COc1ccc2c(/C=C3\SC(c4ccccc4)=C(c4ccccc4)c4ccccc43)nc(-c3ccccc3)c(-c3ccccc3)c2c1. The number of thioether (sulfide) groups is 1. The van der Waals surface area contributed by atoms with Gasteiger partial charge in [0.25, 0.3) is 0 Å². The smallest absolute Gasteiger partial charge is 0.119 e. The number of hydrogen-bond acceptors (Lipinski definition) is 3. The van der Waals surface area contributed by atoms with Crippen molar-refractivity contribution in [3.8, 4) is 28.1 Å². The van der Waals surface area contributed by atoms with Crippen molar-refractivity contribution in [3.05, 3.63) is 192 Å². The van der Waals surface area contributed by atoms with Crippen LogP contribution in [0.15, 0.2) is 164 Å². The van der Waals surface area contributed by atoms with Crippen molar-refractivity contribution < 1.29 is 4.74 Å². The van der Waals surface area contributed by atoms with Crippen molar-refractivity contribution in [1.29, 1.82) is 0 Å². The van der Waals surface area contributed by atoms with Crippen LogP contribution in [-0.2, 0) is 0 Å². The minimum Gasteiger partial charge on any atom is -0.497 e. The van der Waals surface area contributed by atoms with Gasteiger partial charge in [-0.15, -0.1) is 0 Å². The Hall–Kier alpha value is -5.64. The Balaban J connectivity index is 1.42. The van der Waals surface area contributed by atoms with Gasteiger partial charge >= 0.3 is 0 Å². The lowest BCUT2D eigenvalue weighted by Crippen LogP contribution is -2.03. The highest BCUT2D eigenvalue weighted by molar-refractivity contribution is 8.17. The van der Waals surface area contributed by atoms with Gasteiger partial charge < -0.3 is 4.74 Å². The topological polar surface area (TPSA) is 22.1 Å². The molecule has 0 spiro atoms. The van der Waals surface area contributed by atoms with Gasteiger partial charge in [0.2, 0.25) is 0 Å². The summed E-state index contributed by atoms with van der Waals surface area (Å²) in [4.78, 5) is 7.89. The molecule has 3 heteroatoms. The lowest BCUT2D eigenvalue weighted by atomic mass is 9.90. The molecule has 1 aliphatic heterocycles. The maximum absolute atomic E-state index is 5.77. The quantitative estimate of drug-likeness (QED) is 0.184. The van der Waals surface area contributed by atoms with Gasteiger partial charge in [0.15, 0.2) is 0 Å². The molecule has 1 aromatic heterocycles. The molecule has 8 rings (SSSR count). The van der Waals surface area contributed by atoms with Crippen LogP contribution < -0.4 is 4.74 Å². The number of pyridine rings is 1. The third-order valence-electron chi connectivity index (χ3n) is 8.62. The number of methoxy groups -OCH3 is 1. The van der Waals surface area contributed by atoms with Gasteiger partial charge in [0.1, 0.15) is 5.75 Å². The second kappa shape index (κ2) is 12.6. The monoisotopic (exact) mass is 621 g/mol. The summed E-state index contributed by atoms with van der Waals surface area (Å²) in [6.45, 7) is 0. The lowest BCUT2D eigenvalue weighted by Gasteiger charge is -2.26. The number of rotatable bonds is 6. The minimum atomic E-state index is 0.817. The highest BCUT2D eigenvalue weighted by Gasteiger charge is 2.26. The molecule has 0 atom stereocenters. The Labute approximate surface area is 279 Å². The zero-order chi connectivity index (χ0) is 31.6. The van der Waals surface area contributed by atoms with Crippen molar-refractivity contribution in [1.82, 2.24) is 4.98 Å². The van der Waals surface area contributed by atoms with Crippen LogP contribution in [0.1, 0.15) is 27.9 Å². The van der Waals surface area contributed by atoms with Crippen LogP contribution in [-0.4, -0.2) is 12.1 Å². The van der Waals surface area contributed by atoms with E-state index in [1.807, 2.05) is 17.8 Å². The Morgan fingerprint density at radius 3 is 1.72 bits per heavy atom. The van der Waals surface area contributed by atoms with Crippen LogP contribution in [0, 0.1) is 0 Å². The largest absolute Gasteiger partial charge is 0.497 e. The molecule has 0 saturated heterocycles. The first kappa shape index (κ1) is 28.8. The molecule has 0 aliphatic carbocycles. The molecule has 0 N–H and O–H groups in total. The molecular formula is C44H31NOS. The summed E-state index contributed by atoms with van der Waals surface area (Å²) < 4.78 is 5.77. The van der Waals surface area contributed by atoms with Crippen molar-refractivity contribution in [2.75, 3.05) is 7.11 Å². The summed E-state index contributed by atoms with van der Waals surface area (Å²) in [6.07, 6.45) is 2.28. The van der Waals surface area contributed by atoms with Crippen molar-refractivity contribution in [3.63, 3.8) is 0 Å². The van der Waals surface area contributed by atoms with E-state index >= 15 is 0 Å². The van der Waals surface area contributed by atoms with Crippen molar-refractivity contribution >= 4 is 44.0 Å². The van der Waals surface area contributed by atoms with Gasteiger partial charge in [-0.05, 0) is 57.5 Å². The standard InChI is InChI=1S/C44H31NOS/c1-46-34-26-27-35-38(28-34)41(30-16-6-2-7-17-30)43(32-20-10-4-11-21-32)45-39(35)29-40-36-24-14-15-25-37(36)42(31-18-8-3-9-19-31)44(47-40)33-22-12-5-13-23-33/h2-29H,1H3/b40-29-. The van der Waals surface area contributed by atoms with Crippen LogP contribution in [0.3, 0.4) is 0 Å². The van der Waals surface area contributed by atoms with E-state index in [9.17, 15) is 0 Å². The molecule has 0 bridgehead atoms. The molecule has 2 nitrogen and oxygen atoms in total. The molecule has 0 fully saturated rings. The van der Waals surface area contributed by atoms with E-state index in [4.69, 9.17) is 9.72 Å². The van der Waals surface area contributed by atoms with Crippen LogP contribution in [0.5, 0.6) is 5.75 Å². The number of nitrogens with zero attached hydrogens (tertiary/aromatic N) is 1. The number of hydrogen-bond donors (Lipinski definition) is 0. The fourth-order valence-corrected chi connectivity index (χ4v) is 7.69. The predicted molar refractivity (Wildman–Crippen MR) is 200 cm³/mol. The zero-order valence-corrected chi connectivity index (χ0v) is 26.7. The molecule has 0 radical (unpaired) electrons. The maximum atomic E-state index is 5.77. The number of aromatic nitrogens is 1. The first-order chi connectivity index (χ1) is 23.3. The summed E-state index contributed by atoms with van der Waals surface area (Å²) in [7, 11) is 1.73. The Bertz CT molecular complexity index is 2280. The number of ether oxygens (including phenoxy) is 1. The van der Waals surface area contributed by atoms with Crippen LogP contribution in [0.4, 0.5) is 0 Å². The van der Waals surface area contributed by atoms with Gasteiger partial charge in [-0.3, -0.25) is 0 Å². The lowest BCUT2D eigenvalue weighted by molar-refractivity contribution is 0.415. The molecule has 47 heavy (non-hydrogen) atoms. The van der Waals surface area contributed by atoms with Gasteiger partial charge in [-0.2, -0.15) is 0 Å². The summed E-state index contributed by atoms with van der Waals surface area (Å²) in [5.41, 5.74) is 11.2. The average Bonchev–Trinajstić information content (AvgIpc) is 3.15. The predicted octanol–water partition coefficient (Wildman–Crippen LogP) is 11.7. The van der Waals surface area contributed by atoms with E-state index in [-0.39, 0.29) is 0 Å². The molecular weight excluding hydrogens is 591 g/mol. The third kappa shape index (κ3) is 5.45. The van der Waals surface area contributed by atoms with E-state index in [0.29, 0.717) is 0 Å². The summed E-state index contributed by atoms with van der Waals surface area (Å²) in [5.74, 6) is 0.817. The van der Waals surface area contributed by atoms with E-state index in [2.05, 4.69) is 164 Å². The van der Waals surface area contributed by atoms with Crippen LogP contribution in [0.25, 0.3) is 54.6 Å². The average molecular weight is 622 g/mol. The first-order valence-electron chi connectivity index (χ1n) is 15.8. The van der Waals surface area contributed by atoms with Gasteiger partial charge in [0, 0.05) is 31.9 Å².